The summed E-state index contributed by atoms with van der Waals surface area (Å²) in [5.41, 5.74) is 0.437. The van der Waals surface area contributed by atoms with Gasteiger partial charge in [-0.3, -0.25) is 4.21 Å². The van der Waals surface area contributed by atoms with Gasteiger partial charge in [-0.15, -0.1) is 11.3 Å². The van der Waals surface area contributed by atoms with Crippen molar-refractivity contribution in [3.63, 3.8) is 0 Å². The lowest BCUT2D eigenvalue weighted by atomic mass is 10.2. The van der Waals surface area contributed by atoms with Crippen LogP contribution in [-0.2, 0) is 20.6 Å². The predicted molar refractivity (Wildman–Crippen MR) is 106 cm³/mol. The van der Waals surface area contributed by atoms with Gasteiger partial charge < -0.3 is 0 Å². The number of nitrogens with zero attached hydrogens (tertiary/aromatic N) is 1. The highest BCUT2D eigenvalue weighted by atomic mass is 35.5. The fraction of sp³-hybridized carbons (Fsp3) is 0.167. The molecule has 142 valence electrons. The number of aromatic nitrogens is 1. The minimum Gasteiger partial charge on any atom is -0.253 e. The Morgan fingerprint density at radius 3 is 2.52 bits per heavy atom. The highest BCUT2D eigenvalue weighted by molar-refractivity contribution is 7.93. The molecule has 1 aromatic heterocycles. The van der Waals surface area contributed by atoms with Crippen molar-refractivity contribution in [2.45, 2.75) is 27.5 Å². The first kappa shape index (κ1) is 20.1. The third-order valence-corrected chi connectivity index (χ3v) is 8.91. The Labute approximate surface area is 168 Å². The van der Waals surface area contributed by atoms with Gasteiger partial charge in [0.15, 0.2) is 5.03 Å². The summed E-state index contributed by atoms with van der Waals surface area (Å²) in [4.78, 5) is 4.25. The van der Waals surface area contributed by atoms with Gasteiger partial charge in [-0.25, -0.2) is 17.8 Å². The van der Waals surface area contributed by atoms with Crippen molar-refractivity contribution in [2.75, 3.05) is 5.75 Å². The van der Waals surface area contributed by atoms with Gasteiger partial charge >= 0.3 is 0 Å². The fourth-order valence-electron chi connectivity index (χ4n) is 2.35. The van der Waals surface area contributed by atoms with Crippen LogP contribution in [0.2, 0.25) is 5.02 Å². The van der Waals surface area contributed by atoms with Crippen molar-refractivity contribution in [2.24, 2.45) is 0 Å². The standard InChI is InChI=1S/C18H15ClFNO3S3/c1-2-10-26(22)18-17(27(23,24)15-8-6-13(19)7-9-15)21-16(25-18)12-4-3-5-14(20)11-12/h3-9,11H,2,10H2,1H3. The molecule has 0 saturated heterocycles. The Morgan fingerprint density at radius 2 is 1.89 bits per heavy atom. The van der Waals surface area contributed by atoms with Gasteiger partial charge in [0.05, 0.1) is 15.7 Å². The van der Waals surface area contributed by atoms with Crippen LogP contribution in [0, 0.1) is 5.82 Å². The smallest absolute Gasteiger partial charge is 0.225 e. The van der Waals surface area contributed by atoms with Crippen LogP contribution in [0.4, 0.5) is 4.39 Å². The van der Waals surface area contributed by atoms with E-state index in [-0.39, 0.29) is 14.1 Å². The maximum Gasteiger partial charge on any atom is 0.225 e. The number of rotatable bonds is 6. The van der Waals surface area contributed by atoms with Gasteiger partial charge in [-0.1, -0.05) is 30.7 Å². The van der Waals surface area contributed by atoms with E-state index in [4.69, 9.17) is 11.6 Å². The zero-order valence-electron chi connectivity index (χ0n) is 14.2. The summed E-state index contributed by atoms with van der Waals surface area (Å²) in [6, 6.07) is 11.4. The molecular weight excluding hydrogens is 429 g/mol. The summed E-state index contributed by atoms with van der Waals surface area (Å²) in [5, 5.41) is 0.463. The van der Waals surface area contributed by atoms with Crippen molar-refractivity contribution in [1.82, 2.24) is 4.98 Å². The summed E-state index contributed by atoms with van der Waals surface area (Å²) in [7, 11) is -5.51. The molecule has 0 amide bonds. The topological polar surface area (TPSA) is 64.1 Å². The molecule has 0 aliphatic carbocycles. The molecule has 1 heterocycles. The number of halogens is 2. The zero-order chi connectivity index (χ0) is 19.6. The molecule has 0 spiro atoms. The van der Waals surface area contributed by atoms with Crippen LogP contribution in [0.3, 0.4) is 0 Å². The quantitative estimate of drug-likeness (QED) is 0.540. The Morgan fingerprint density at radius 1 is 1.19 bits per heavy atom. The molecular formula is C18H15ClFNO3S3. The van der Waals surface area contributed by atoms with E-state index in [1.165, 1.54) is 42.5 Å². The molecule has 1 unspecified atom stereocenters. The van der Waals surface area contributed by atoms with Crippen LogP contribution in [0.25, 0.3) is 10.6 Å². The van der Waals surface area contributed by atoms with E-state index in [0.29, 0.717) is 27.8 Å². The molecule has 0 aliphatic heterocycles. The van der Waals surface area contributed by atoms with E-state index in [1.54, 1.807) is 6.07 Å². The van der Waals surface area contributed by atoms with Crippen molar-refractivity contribution in [1.29, 1.82) is 0 Å². The second-order valence-corrected chi connectivity index (χ2v) is 10.7. The third-order valence-electron chi connectivity index (χ3n) is 3.61. The fourth-order valence-corrected chi connectivity index (χ4v) is 7.09. The van der Waals surface area contributed by atoms with Crippen LogP contribution in [0.5, 0.6) is 0 Å². The number of sulfone groups is 1. The molecule has 1 atom stereocenters. The van der Waals surface area contributed by atoms with Gasteiger partial charge in [0.2, 0.25) is 9.84 Å². The lowest BCUT2D eigenvalue weighted by molar-refractivity contribution is 0.590. The summed E-state index contributed by atoms with van der Waals surface area (Å²) in [5.74, 6) is -0.144. The molecule has 2 aromatic carbocycles. The first-order chi connectivity index (χ1) is 12.8. The number of thiazole rings is 1. The molecule has 0 radical (unpaired) electrons. The Balaban J connectivity index is 2.18. The number of hydrogen-bond donors (Lipinski definition) is 0. The maximum absolute atomic E-state index is 13.6. The van der Waals surface area contributed by atoms with Crippen molar-refractivity contribution >= 4 is 43.6 Å². The van der Waals surface area contributed by atoms with E-state index >= 15 is 0 Å². The maximum atomic E-state index is 13.6. The zero-order valence-corrected chi connectivity index (χ0v) is 17.4. The summed E-state index contributed by atoms with van der Waals surface area (Å²) in [6.07, 6.45) is 0.625. The lowest BCUT2D eigenvalue weighted by Crippen LogP contribution is -2.07. The molecule has 3 rings (SSSR count). The molecule has 0 bridgehead atoms. The minimum absolute atomic E-state index is 0.0118. The third kappa shape index (κ3) is 4.29. The molecule has 0 N–H and O–H groups in total. The molecule has 0 fully saturated rings. The second-order valence-electron chi connectivity index (χ2n) is 5.63. The van der Waals surface area contributed by atoms with Crippen LogP contribution in [-0.4, -0.2) is 23.4 Å². The monoisotopic (exact) mass is 443 g/mol. The van der Waals surface area contributed by atoms with E-state index in [1.807, 2.05) is 6.92 Å². The van der Waals surface area contributed by atoms with Gasteiger partial charge in [0, 0.05) is 16.3 Å². The van der Waals surface area contributed by atoms with Crippen LogP contribution >= 0.6 is 22.9 Å². The molecule has 0 aliphatic rings. The highest BCUT2D eigenvalue weighted by Crippen LogP contribution is 2.36. The molecule has 0 saturated carbocycles. The van der Waals surface area contributed by atoms with E-state index in [9.17, 15) is 17.0 Å². The van der Waals surface area contributed by atoms with E-state index < -0.39 is 26.5 Å². The molecule has 9 heteroatoms. The molecule has 3 aromatic rings. The molecule has 27 heavy (non-hydrogen) atoms. The van der Waals surface area contributed by atoms with Crippen LogP contribution in [0.1, 0.15) is 13.3 Å². The Hall–Kier alpha value is -1.61. The van der Waals surface area contributed by atoms with Crippen molar-refractivity contribution in [3.05, 3.63) is 59.4 Å². The molecule has 4 nitrogen and oxygen atoms in total. The van der Waals surface area contributed by atoms with Gasteiger partial charge in [-0.2, -0.15) is 0 Å². The summed E-state index contributed by atoms with van der Waals surface area (Å²) in [6.45, 7) is 1.86. The predicted octanol–water partition coefficient (Wildman–Crippen LogP) is 4.95. The number of hydrogen-bond acceptors (Lipinski definition) is 5. The Bertz CT molecular complexity index is 1100. The average molecular weight is 444 g/mol. The highest BCUT2D eigenvalue weighted by Gasteiger charge is 2.29. The summed E-state index contributed by atoms with van der Waals surface area (Å²) >= 11 is 6.85. The first-order valence-electron chi connectivity index (χ1n) is 7.98. The van der Waals surface area contributed by atoms with Crippen LogP contribution < -0.4 is 0 Å². The second kappa shape index (κ2) is 8.18. The average Bonchev–Trinajstić information content (AvgIpc) is 3.09. The Kier molecular flexibility index (Phi) is 6.10. The van der Waals surface area contributed by atoms with Gasteiger partial charge in [0.1, 0.15) is 15.0 Å². The van der Waals surface area contributed by atoms with Crippen molar-refractivity contribution in [3.8, 4) is 10.6 Å². The van der Waals surface area contributed by atoms with Crippen LogP contribution in [0.15, 0.2) is 62.7 Å². The minimum atomic E-state index is -3.99. The largest absolute Gasteiger partial charge is 0.253 e. The number of benzene rings is 2. The van der Waals surface area contributed by atoms with E-state index in [2.05, 4.69) is 4.98 Å². The normalized spacial score (nSPS) is 12.9. The first-order valence-corrected chi connectivity index (χ1v) is 12.0. The SMILES string of the molecule is CCCS(=O)c1sc(-c2cccc(F)c2)nc1S(=O)(=O)c1ccc(Cl)cc1. The van der Waals surface area contributed by atoms with Crippen molar-refractivity contribution < 1.29 is 17.0 Å². The van der Waals surface area contributed by atoms with Gasteiger partial charge in [0.25, 0.3) is 0 Å². The lowest BCUT2D eigenvalue weighted by Gasteiger charge is -2.04. The summed E-state index contributed by atoms with van der Waals surface area (Å²) < 4.78 is 52.5. The van der Waals surface area contributed by atoms with Gasteiger partial charge in [-0.05, 0) is 42.8 Å². The van der Waals surface area contributed by atoms with E-state index in [0.717, 1.165) is 11.3 Å².